The molecule has 0 aliphatic carbocycles. The number of nitro benzene ring substituents is 1. The van der Waals surface area contributed by atoms with Crippen LogP contribution in [0.3, 0.4) is 0 Å². The summed E-state index contributed by atoms with van der Waals surface area (Å²) >= 11 is 7.15. The van der Waals surface area contributed by atoms with E-state index >= 15 is 0 Å². The summed E-state index contributed by atoms with van der Waals surface area (Å²) in [5.41, 5.74) is -0.451. The molecule has 0 unspecified atom stereocenters. The maximum atomic E-state index is 12.7. The van der Waals surface area contributed by atoms with Gasteiger partial charge < -0.3 is 4.57 Å². The first-order valence-electron chi connectivity index (χ1n) is 7.22. The Kier molecular flexibility index (Phi) is 4.97. The van der Waals surface area contributed by atoms with E-state index in [4.69, 9.17) is 11.6 Å². The highest BCUT2D eigenvalue weighted by molar-refractivity contribution is 7.99. The lowest BCUT2D eigenvalue weighted by Crippen LogP contribution is -2.03. The number of halogens is 4. The van der Waals surface area contributed by atoms with Crippen LogP contribution in [0.4, 0.5) is 18.9 Å². The monoisotopic (exact) mass is 398 g/mol. The van der Waals surface area contributed by atoms with Crippen LogP contribution in [0.2, 0.25) is 5.02 Å². The van der Waals surface area contributed by atoms with Crippen molar-refractivity contribution in [1.82, 2.24) is 4.57 Å². The molecule has 0 radical (unpaired) electrons. The van der Waals surface area contributed by atoms with Crippen LogP contribution < -0.4 is 0 Å². The first kappa shape index (κ1) is 18.3. The van der Waals surface area contributed by atoms with Crippen molar-refractivity contribution >= 4 is 29.1 Å². The molecule has 0 aliphatic rings. The maximum absolute atomic E-state index is 12.7. The molecule has 0 amide bonds. The van der Waals surface area contributed by atoms with E-state index in [1.165, 1.54) is 18.2 Å². The van der Waals surface area contributed by atoms with Gasteiger partial charge in [-0.15, -0.1) is 0 Å². The molecule has 0 aliphatic heterocycles. The van der Waals surface area contributed by atoms with Crippen molar-refractivity contribution in [2.75, 3.05) is 0 Å². The first-order chi connectivity index (χ1) is 12.3. The molecular formula is C17H10ClF3N2O2S. The average Bonchev–Trinajstić information content (AvgIpc) is 3.10. The number of hydrogen-bond donors (Lipinski definition) is 0. The first-order valence-corrected chi connectivity index (χ1v) is 8.41. The molecular weight excluding hydrogens is 389 g/mol. The lowest BCUT2D eigenvalue weighted by atomic mass is 10.2. The highest BCUT2D eigenvalue weighted by atomic mass is 35.5. The second kappa shape index (κ2) is 7.05. The Bertz CT molecular complexity index is 942. The topological polar surface area (TPSA) is 48.1 Å². The quantitative estimate of drug-likeness (QED) is 0.388. The minimum absolute atomic E-state index is 0.199. The molecule has 0 saturated heterocycles. The van der Waals surface area contributed by atoms with Crippen molar-refractivity contribution in [1.29, 1.82) is 0 Å². The van der Waals surface area contributed by atoms with Gasteiger partial charge in [0, 0.05) is 23.4 Å². The molecule has 26 heavy (non-hydrogen) atoms. The summed E-state index contributed by atoms with van der Waals surface area (Å²) in [7, 11) is 0. The minimum atomic E-state index is -4.43. The van der Waals surface area contributed by atoms with E-state index in [0.29, 0.717) is 10.6 Å². The number of benzene rings is 2. The van der Waals surface area contributed by atoms with Gasteiger partial charge >= 0.3 is 6.18 Å². The summed E-state index contributed by atoms with van der Waals surface area (Å²) in [6.45, 7) is 0. The third-order valence-electron chi connectivity index (χ3n) is 3.52. The molecule has 9 heteroatoms. The van der Waals surface area contributed by atoms with E-state index in [0.717, 1.165) is 23.9 Å². The lowest BCUT2D eigenvalue weighted by Gasteiger charge is -2.11. The number of hydrogen-bond acceptors (Lipinski definition) is 3. The molecule has 0 bridgehead atoms. The van der Waals surface area contributed by atoms with Gasteiger partial charge in [-0.2, -0.15) is 13.2 Å². The fourth-order valence-corrected chi connectivity index (χ4v) is 3.48. The second-order valence-electron chi connectivity index (χ2n) is 5.24. The van der Waals surface area contributed by atoms with Crippen LogP contribution in [0.15, 0.2) is 70.7 Å². The molecule has 1 aromatic heterocycles. The number of alkyl halides is 3. The summed E-state index contributed by atoms with van der Waals surface area (Å²) in [5, 5.41) is 11.5. The summed E-state index contributed by atoms with van der Waals surface area (Å²) in [5.74, 6) is 0. The standard InChI is InChI=1S/C17H10ClF3N2O2S/c18-13-9-15(23(24)25)16(10-14(13)22-7-1-2-8-22)26-12-5-3-11(4-6-12)17(19,20)21/h1-10H. The predicted octanol–water partition coefficient (Wildman–Crippen LogP) is 6.21. The maximum Gasteiger partial charge on any atom is 0.416 e. The Morgan fingerprint density at radius 3 is 2.23 bits per heavy atom. The van der Waals surface area contributed by atoms with Crippen LogP contribution in [0.1, 0.15) is 5.56 Å². The molecule has 0 fully saturated rings. The van der Waals surface area contributed by atoms with E-state index in [-0.39, 0.29) is 15.6 Å². The highest BCUT2D eigenvalue weighted by Gasteiger charge is 2.30. The fourth-order valence-electron chi connectivity index (χ4n) is 2.29. The van der Waals surface area contributed by atoms with Crippen LogP contribution >= 0.6 is 23.4 Å². The van der Waals surface area contributed by atoms with Crippen molar-refractivity contribution in [3.8, 4) is 5.69 Å². The molecule has 3 rings (SSSR count). The Labute approximate surface area is 155 Å². The Morgan fingerprint density at radius 2 is 1.69 bits per heavy atom. The van der Waals surface area contributed by atoms with Crippen molar-refractivity contribution in [2.24, 2.45) is 0 Å². The molecule has 0 N–H and O–H groups in total. The smallest absolute Gasteiger partial charge is 0.322 e. The Hall–Kier alpha value is -2.45. The third kappa shape index (κ3) is 3.86. The van der Waals surface area contributed by atoms with Crippen LogP contribution in [-0.4, -0.2) is 9.49 Å². The SMILES string of the molecule is O=[N+]([O-])c1cc(Cl)c(-n2cccc2)cc1Sc1ccc(C(F)(F)F)cc1. The Balaban J connectivity index is 2.00. The average molecular weight is 399 g/mol. The lowest BCUT2D eigenvalue weighted by molar-refractivity contribution is -0.387. The van der Waals surface area contributed by atoms with Gasteiger partial charge in [0.2, 0.25) is 0 Å². The van der Waals surface area contributed by atoms with Gasteiger partial charge in [0.1, 0.15) is 0 Å². The molecule has 134 valence electrons. The van der Waals surface area contributed by atoms with Gasteiger partial charge in [-0.05, 0) is 42.5 Å². The minimum Gasteiger partial charge on any atom is -0.322 e. The molecule has 0 saturated carbocycles. The fraction of sp³-hybridized carbons (Fsp3) is 0.0588. The molecule has 0 spiro atoms. The summed E-state index contributed by atoms with van der Waals surface area (Å²) in [6, 6.07) is 10.8. The van der Waals surface area contributed by atoms with Crippen LogP contribution in [0.5, 0.6) is 0 Å². The van der Waals surface area contributed by atoms with Gasteiger partial charge in [0.25, 0.3) is 5.69 Å². The second-order valence-corrected chi connectivity index (χ2v) is 6.77. The normalized spacial score (nSPS) is 11.5. The molecule has 2 aromatic carbocycles. The van der Waals surface area contributed by atoms with Gasteiger partial charge in [-0.3, -0.25) is 10.1 Å². The molecule has 1 heterocycles. The molecule has 0 atom stereocenters. The Morgan fingerprint density at radius 1 is 1.08 bits per heavy atom. The van der Waals surface area contributed by atoms with Crippen LogP contribution in [0, 0.1) is 10.1 Å². The third-order valence-corrected chi connectivity index (χ3v) is 4.87. The zero-order chi connectivity index (χ0) is 18.9. The predicted molar refractivity (Wildman–Crippen MR) is 93.0 cm³/mol. The van der Waals surface area contributed by atoms with Gasteiger partial charge in [0.05, 0.1) is 26.1 Å². The van der Waals surface area contributed by atoms with Crippen LogP contribution in [-0.2, 0) is 6.18 Å². The van der Waals surface area contributed by atoms with Gasteiger partial charge in [-0.25, -0.2) is 0 Å². The molecule has 3 aromatic rings. The summed E-state index contributed by atoms with van der Waals surface area (Å²) in [4.78, 5) is 11.5. The summed E-state index contributed by atoms with van der Waals surface area (Å²) < 4.78 is 39.7. The van der Waals surface area contributed by atoms with E-state index in [1.54, 1.807) is 35.2 Å². The number of nitrogens with zero attached hydrogens (tertiary/aromatic N) is 2. The highest BCUT2D eigenvalue weighted by Crippen LogP contribution is 2.40. The number of aromatic nitrogens is 1. The van der Waals surface area contributed by atoms with Gasteiger partial charge in [0.15, 0.2) is 0 Å². The zero-order valence-electron chi connectivity index (χ0n) is 12.9. The largest absolute Gasteiger partial charge is 0.416 e. The number of rotatable bonds is 4. The summed E-state index contributed by atoms with van der Waals surface area (Å²) in [6.07, 6.45) is -0.962. The van der Waals surface area contributed by atoms with Crippen molar-refractivity contribution in [2.45, 2.75) is 16.0 Å². The van der Waals surface area contributed by atoms with Gasteiger partial charge in [-0.1, -0.05) is 23.4 Å². The van der Waals surface area contributed by atoms with Crippen molar-refractivity contribution < 1.29 is 18.1 Å². The van der Waals surface area contributed by atoms with E-state index in [2.05, 4.69) is 0 Å². The zero-order valence-corrected chi connectivity index (χ0v) is 14.5. The molecule has 4 nitrogen and oxygen atoms in total. The van der Waals surface area contributed by atoms with Crippen molar-refractivity contribution in [3.63, 3.8) is 0 Å². The van der Waals surface area contributed by atoms with E-state index < -0.39 is 16.7 Å². The van der Waals surface area contributed by atoms with E-state index in [1.807, 2.05) is 0 Å². The van der Waals surface area contributed by atoms with Crippen molar-refractivity contribution in [3.05, 3.63) is 81.6 Å². The number of nitro groups is 1. The van der Waals surface area contributed by atoms with Crippen LogP contribution in [0.25, 0.3) is 5.69 Å². The van der Waals surface area contributed by atoms with E-state index in [9.17, 15) is 23.3 Å².